The smallest absolute Gasteiger partial charge is 0.417 e. The van der Waals surface area contributed by atoms with Crippen molar-refractivity contribution in [1.29, 1.82) is 0 Å². The van der Waals surface area contributed by atoms with Crippen LogP contribution in [-0.2, 0) is 6.18 Å². The van der Waals surface area contributed by atoms with Gasteiger partial charge in [0.25, 0.3) is 0 Å². The highest BCUT2D eigenvalue weighted by Gasteiger charge is 2.32. The molecule has 1 aromatic heterocycles. The van der Waals surface area contributed by atoms with E-state index < -0.39 is 23.6 Å². The molecule has 0 atom stereocenters. The minimum absolute atomic E-state index is 0.0663. The van der Waals surface area contributed by atoms with Crippen LogP contribution in [0.1, 0.15) is 36.8 Å². The highest BCUT2D eigenvalue weighted by atomic mass is 19.4. The van der Waals surface area contributed by atoms with Crippen molar-refractivity contribution < 1.29 is 36.6 Å². The van der Waals surface area contributed by atoms with E-state index in [2.05, 4.69) is 25.7 Å². The number of nitrogens with one attached hydrogen (secondary N) is 2. The van der Waals surface area contributed by atoms with Crippen LogP contribution in [0.3, 0.4) is 0 Å². The summed E-state index contributed by atoms with van der Waals surface area (Å²) in [6.45, 7) is 3.76. The van der Waals surface area contributed by atoms with Crippen molar-refractivity contribution in [1.82, 2.24) is 15.3 Å². The second kappa shape index (κ2) is 14.9. The average Bonchev–Trinajstić information content (AvgIpc) is 3.04. The molecule has 9 nitrogen and oxygen atoms in total. The molecule has 0 saturated carbocycles. The summed E-state index contributed by atoms with van der Waals surface area (Å²) in [6, 6.07) is 12.8. The van der Waals surface area contributed by atoms with E-state index in [1.165, 1.54) is 62.9 Å². The number of benzene rings is 3. The molecular formula is C33H33F4N5O4. The first-order valence-electron chi connectivity index (χ1n) is 14.8. The third kappa shape index (κ3) is 8.42. The third-order valence-corrected chi connectivity index (χ3v) is 7.36. The minimum Gasteiger partial charge on any atom is -0.493 e. The number of carbonyl (C=O) groups excluding carboxylic acids is 1. The van der Waals surface area contributed by atoms with Crippen LogP contribution in [0.5, 0.6) is 23.0 Å². The molecule has 13 heteroatoms. The van der Waals surface area contributed by atoms with E-state index in [9.17, 15) is 18.0 Å². The Hall–Kier alpha value is -4.91. The SMILES string of the molecule is COc1cc2c(Oc3ccc(NC(=O)N/N=C/c4ccccc4C(F)(F)F)cc3F)ccnc2cc1OCCCN1CCCCC1. The molecule has 1 fully saturated rings. The van der Waals surface area contributed by atoms with Crippen molar-refractivity contribution in [3.63, 3.8) is 0 Å². The van der Waals surface area contributed by atoms with Crippen molar-refractivity contribution in [2.45, 2.75) is 31.9 Å². The van der Waals surface area contributed by atoms with Crippen LogP contribution < -0.4 is 25.0 Å². The fourth-order valence-corrected chi connectivity index (χ4v) is 5.11. The fourth-order valence-electron chi connectivity index (χ4n) is 5.11. The zero-order valence-electron chi connectivity index (χ0n) is 25.1. The Bertz CT molecular complexity index is 1690. The number of carbonyl (C=O) groups is 1. The van der Waals surface area contributed by atoms with Gasteiger partial charge < -0.3 is 24.4 Å². The molecule has 0 spiro atoms. The van der Waals surface area contributed by atoms with Gasteiger partial charge in [-0.25, -0.2) is 14.6 Å². The van der Waals surface area contributed by atoms with Crippen LogP contribution in [0.2, 0.25) is 0 Å². The molecule has 0 radical (unpaired) electrons. The molecular weight excluding hydrogens is 606 g/mol. The first-order valence-corrected chi connectivity index (χ1v) is 14.8. The molecule has 0 unspecified atom stereocenters. The minimum atomic E-state index is -4.58. The van der Waals surface area contributed by atoms with Crippen LogP contribution in [0.25, 0.3) is 10.9 Å². The first-order chi connectivity index (χ1) is 22.2. The van der Waals surface area contributed by atoms with E-state index in [1.807, 2.05) is 0 Å². The number of halogens is 4. The normalized spacial score (nSPS) is 13.9. The standard InChI is InChI=1S/C33H33F4N5O4/c1-44-30-19-24-27(20-31(30)45-17-7-16-42-14-5-2-6-15-42)38-13-12-28(24)46-29-11-10-23(18-26(29)34)40-32(43)41-39-21-22-8-3-4-9-25(22)33(35,36)37/h3-4,8-13,18-21H,2,5-7,14-17H2,1H3,(H2,40,41,43)/b39-21+. The quantitative estimate of drug-likeness (QED) is 0.0759. The average molecular weight is 640 g/mol. The summed E-state index contributed by atoms with van der Waals surface area (Å²) in [5.41, 5.74) is 1.58. The van der Waals surface area contributed by atoms with Gasteiger partial charge in [0.15, 0.2) is 23.1 Å². The number of anilines is 1. The van der Waals surface area contributed by atoms with Crippen molar-refractivity contribution in [2.75, 3.05) is 38.7 Å². The van der Waals surface area contributed by atoms with Crippen LogP contribution in [0.15, 0.2) is 72.0 Å². The highest BCUT2D eigenvalue weighted by Crippen LogP contribution is 2.38. The molecule has 4 aromatic rings. The van der Waals surface area contributed by atoms with Crippen molar-refractivity contribution in [3.05, 3.63) is 83.8 Å². The van der Waals surface area contributed by atoms with E-state index >= 15 is 4.39 Å². The lowest BCUT2D eigenvalue weighted by Gasteiger charge is -2.26. The van der Waals surface area contributed by atoms with Gasteiger partial charge in [0.2, 0.25) is 0 Å². The monoisotopic (exact) mass is 639 g/mol. The molecule has 46 heavy (non-hydrogen) atoms. The largest absolute Gasteiger partial charge is 0.493 e. The number of alkyl halides is 3. The number of ether oxygens (including phenoxy) is 3. The number of piperidine rings is 1. The molecule has 5 rings (SSSR count). The lowest BCUT2D eigenvalue weighted by Crippen LogP contribution is -2.31. The summed E-state index contributed by atoms with van der Waals surface area (Å²) in [7, 11) is 1.53. The van der Waals surface area contributed by atoms with Gasteiger partial charge in [-0.05, 0) is 62.7 Å². The number of rotatable bonds is 11. The molecule has 1 saturated heterocycles. The second-order valence-electron chi connectivity index (χ2n) is 10.6. The van der Waals surface area contributed by atoms with Crippen LogP contribution >= 0.6 is 0 Å². The lowest BCUT2D eigenvalue weighted by molar-refractivity contribution is -0.137. The number of aromatic nitrogens is 1. The second-order valence-corrected chi connectivity index (χ2v) is 10.6. The number of fused-ring (bicyclic) bond motifs is 1. The van der Waals surface area contributed by atoms with Gasteiger partial charge in [0.05, 0.1) is 31.0 Å². The summed E-state index contributed by atoms with van der Waals surface area (Å²) in [5.74, 6) is 0.472. The van der Waals surface area contributed by atoms with E-state index in [1.54, 1.807) is 18.2 Å². The van der Waals surface area contributed by atoms with Crippen LogP contribution in [-0.4, -0.2) is 55.5 Å². The maximum atomic E-state index is 15.0. The van der Waals surface area contributed by atoms with Gasteiger partial charge in [0.1, 0.15) is 5.75 Å². The number of urea groups is 1. The van der Waals surface area contributed by atoms with Crippen molar-refractivity contribution in [2.24, 2.45) is 5.10 Å². The van der Waals surface area contributed by atoms with E-state index in [4.69, 9.17) is 14.2 Å². The summed E-state index contributed by atoms with van der Waals surface area (Å²) >= 11 is 0. The predicted molar refractivity (Wildman–Crippen MR) is 166 cm³/mol. The third-order valence-electron chi connectivity index (χ3n) is 7.36. The molecule has 0 aliphatic carbocycles. The Morgan fingerprint density at radius 3 is 2.57 bits per heavy atom. The molecule has 2 heterocycles. The number of methoxy groups -OCH3 is 1. The van der Waals surface area contributed by atoms with Crippen LogP contribution in [0, 0.1) is 5.82 Å². The van der Waals surface area contributed by atoms with E-state index in [-0.39, 0.29) is 17.0 Å². The Morgan fingerprint density at radius 1 is 1.00 bits per heavy atom. The molecule has 2 N–H and O–H groups in total. The summed E-state index contributed by atoms with van der Waals surface area (Å²) in [5, 5.41) is 6.51. The van der Waals surface area contributed by atoms with Gasteiger partial charge in [-0.1, -0.05) is 24.6 Å². The molecule has 2 amide bonds. The highest BCUT2D eigenvalue weighted by molar-refractivity contribution is 5.91. The van der Waals surface area contributed by atoms with E-state index in [0.29, 0.717) is 34.8 Å². The lowest BCUT2D eigenvalue weighted by atomic mass is 10.1. The van der Waals surface area contributed by atoms with E-state index in [0.717, 1.165) is 44.4 Å². The zero-order chi connectivity index (χ0) is 32.5. The maximum Gasteiger partial charge on any atom is 0.417 e. The number of hydrazone groups is 1. The zero-order valence-corrected chi connectivity index (χ0v) is 25.1. The Morgan fingerprint density at radius 2 is 1.80 bits per heavy atom. The maximum absolute atomic E-state index is 15.0. The van der Waals surface area contributed by atoms with Gasteiger partial charge >= 0.3 is 12.2 Å². The van der Waals surface area contributed by atoms with Gasteiger partial charge in [-0.2, -0.15) is 18.3 Å². The van der Waals surface area contributed by atoms with Gasteiger partial charge in [-0.3, -0.25) is 4.98 Å². The Kier molecular flexibility index (Phi) is 10.5. The topological polar surface area (TPSA) is 97.3 Å². The fraction of sp³-hybridized carbons (Fsp3) is 0.303. The molecule has 1 aliphatic heterocycles. The number of amides is 2. The number of hydrogen-bond donors (Lipinski definition) is 2. The van der Waals surface area contributed by atoms with Gasteiger partial charge in [-0.15, -0.1) is 0 Å². The summed E-state index contributed by atoms with van der Waals surface area (Å²) in [4.78, 5) is 19.1. The van der Waals surface area contributed by atoms with Crippen molar-refractivity contribution >= 4 is 28.8 Å². The number of hydrogen-bond acceptors (Lipinski definition) is 7. The molecule has 0 bridgehead atoms. The Labute approximate surface area is 263 Å². The van der Waals surface area contributed by atoms with Crippen molar-refractivity contribution in [3.8, 4) is 23.0 Å². The summed E-state index contributed by atoms with van der Waals surface area (Å²) in [6.07, 6.45) is 2.49. The number of likely N-dealkylation sites (tertiary alicyclic amines) is 1. The van der Waals surface area contributed by atoms with Crippen LogP contribution in [0.4, 0.5) is 28.0 Å². The Balaban J connectivity index is 1.21. The summed E-state index contributed by atoms with van der Waals surface area (Å²) < 4.78 is 71.9. The number of nitrogens with zero attached hydrogens (tertiary/aromatic N) is 3. The predicted octanol–water partition coefficient (Wildman–Crippen LogP) is 7.60. The number of pyridine rings is 1. The first kappa shape index (κ1) is 32.5. The molecule has 1 aliphatic rings. The molecule has 3 aromatic carbocycles. The molecule has 242 valence electrons. The van der Waals surface area contributed by atoms with Gasteiger partial charge in [0, 0.05) is 41.5 Å².